The van der Waals surface area contributed by atoms with Crippen molar-refractivity contribution < 1.29 is 19.0 Å². The molecule has 2 atom stereocenters. The van der Waals surface area contributed by atoms with Crippen LogP contribution >= 0.6 is 0 Å². The standard InChI is InChI=1S/C25H26N6O4/c1-6-18-14-34-25(32)31(18)24-29-16(3)28-23(30-24)27-15(2)17-7-12-22(21(13-17)26-4)35-20-10-8-19(33-5)9-11-20/h7-13,15,18H,6,14H2,1-3,5H3,(H,27,28,29,30)/t15-,18-/m0/s1. The summed E-state index contributed by atoms with van der Waals surface area (Å²) in [5.74, 6) is 2.85. The molecule has 1 saturated heterocycles. The van der Waals surface area contributed by atoms with Crippen LogP contribution in [-0.2, 0) is 4.74 Å². The monoisotopic (exact) mass is 474 g/mol. The second-order valence-electron chi connectivity index (χ2n) is 8.00. The molecule has 3 aromatic rings. The van der Waals surface area contributed by atoms with Crippen LogP contribution in [0.2, 0.25) is 0 Å². The average Bonchev–Trinajstić information content (AvgIpc) is 3.24. The zero-order chi connectivity index (χ0) is 24.9. The van der Waals surface area contributed by atoms with Gasteiger partial charge < -0.3 is 19.5 Å². The van der Waals surface area contributed by atoms with E-state index in [-0.39, 0.29) is 18.0 Å². The number of nitrogens with zero attached hydrogens (tertiary/aromatic N) is 5. The van der Waals surface area contributed by atoms with Gasteiger partial charge in [-0.3, -0.25) is 0 Å². The van der Waals surface area contributed by atoms with E-state index >= 15 is 0 Å². The fraction of sp³-hybridized carbons (Fsp3) is 0.320. The van der Waals surface area contributed by atoms with Crippen LogP contribution in [0.15, 0.2) is 42.5 Å². The van der Waals surface area contributed by atoms with Crippen molar-refractivity contribution in [2.24, 2.45) is 0 Å². The summed E-state index contributed by atoms with van der Waals surface area (Å²) in [6.07, 6.45) is 0.260. The number of nitrogens with one attached hydrogen (secondary N) is 1. The molecule has 0 aliphatic carbocycles. The summed E-state index contributed by atoms with van der Waals surface area (Å²) < 4.78 is 16.2. The van der Waals surface area contributed by atoms with Gasteiger partial charge in [0.15, 0.2) is 0 Å². The van der Waals surface area contributed by atoms with Crippen molar-refractivity contribution in [3.8, 4) is 17.2 Å². The number of cyclic esters (lactones) is 1. The van der Waals surface area contributed by atoms with Crippen molar-refractivity contribution in [1.82, 2.24) is 15.0 Å². The molecule has 1 amide bonds. The molecule has 1 N–H and O–H groups in total. The molecule has 0 saturated carbocycles. The summed E-state index contributed by atoms with van der Waals surface area (Å²) >= 11 is 0. The van der Waals surface area contributed by atoms with Crippen LogP contribution in [0.25, 0.3) is 4.85 Å². The maximum Gasteiger partial charge on any atom is 0.417 e. The molecule has 0 spiro atoms. The Morgan fingerprint density at radius 3 is 2.63 bits per heavy atom. The highest BCUT2D eigenvalue weighted by molar-refractivity contribution is 5.88. The predicted molar refractivity (Wildman–Crippen MR) is 130 cm³/mol. The van der Waals surface area contributed by atoms with Crippen molar-refractivity contribution >= 4 is 23.7 Å². The van der Waals surface area contributed by atoms with Crippen LogP contribution in [0.1, 0.15) is 37.7 Å². The van der Waals surface area contributed by atoms with E-state index in [9.17, 15) is 4.79 Å². The highest BCUT2D eigenvalue weighted by atomic mass is 16.6. The highest BCUT2D eigenvalue weighted by Gasteiger charge is 2.35. The molecule has 35 heavy (non-hydrogen) atoms. The number of carbonyl (C=O) groups is 1. The minimum absolute atomic E-state index is 0.117. The maximum atomic E-state index is 12.2. The van der Waals surface area contributed by atoms with Gasteiger partial charge in [0, 0.05) is 0 Å². The Kier molecular flexibility index (Phi) is 6.96. The van der Waals surface area contributed by atoms with Gasteiger partial charge in [-0.05, 0) is 62.2 Å². The second kappa shape index (κ2) is 10.3. The van der Waals surface area contributed by atoms with E-state index in [4.69, 9.17) is 20.8 Å². The normalized spacial score (nSPS) is 15.8. The van der Waals surface area contributed by atoms with Gasteiger partial charge in [-0.2, -0.15) is 15.0 Å². The van der Waals surface area contributed by atoms with Gasteiger partial charge in [0.25, 0.3) is 0 Å². The summed E-state index contributed by atoms with van der Waals surface area (Å²) in [6.45, 7) is 13.6. The molecule has 180 valence electrons. The summed E-state index contributed by atoms with van der Waals surface area (Å²) in [5.41, 5.74) is 1.23. The number of aryl methyl sites for hydroxylation is 1. The Morgan fingerprint density at radius 1 is 1.20 bits per heavy atom. The van der Waals surface area contributed by atoms with Crippen LogP contribution in [-0.4, -0.2) is 40.8 Å². The molecule has 0 bridgehead atoms. The van der Waals surface area contributed by atoms with Crippen LogP contribution in [0, 0.1) is 13.5 Å². The molecule has 4 rings (SSSR count). The Labute approximate surface area is 203 Å². The summed E-state index contributed by atoms with van der Waals surface area (Å²) in [6, 6.07) is 12.2. The topological polar surface area (TPSA) is 103 Å². The Hall–Kier alpha value is -4.39. The number of amides is 1. The van der Waals surface area contributed by atoms with Gasteiger partial charge in [0.1, 0.15) is 29.7 Å². The van der Waals surface area contributed by atoms with E-state index in [1.165, 1.54) is 4.90 Å². The molecule has 2 heterocycles. The third-order valence-corrected chi connectivity index (χ3v) is 5.62. The number of anilines is 2. The largest absolute Gasteiger partial charge is 0.497 e. The third-order valence-electron chi connectivity index (χ3n) is 5.62. The fourth-order valence-electron chi connectivity index (χ4n) is 3.67. The van der Waals surface area contributed by atoms with Gasteiger partial charge in [0.05, 0.1) is 25.8 Å². The number of aromatic nitrogens is 3. The molecule has 0 radical (unpaired) electrons. The summed E-state index contributed by atoms with van der Waals surface area (Å²) in [4.78, 5) is 30.5. The minimum Gasteiger partial charge on any atom is -0.497 e. The van der Waals surface area contributed by atoms with E-state index in [2.05, 4.69) is 25.1 Å². The number of carbonyl (C=O) groups excluding carboxylic acids is 1. The summed E-state index contributed by atoms with van der Waals surface area (Å²) in [5, 5.41) is 3.25. The lowest BCUT2D eigenvalue weighted by Crippen LogP contribution is -2.34. The first kappa shape index (κ1) is 23.8. The molecule has 1 aromatic heterocycles. The molecular formula is C25H26N6O4. The first-order valence-electron chi connectivity index (χ1n) is 11.2. The lowest BCUT2D eigenvalue weighted by atomic mass is 10.1. The van der Waals surface area contributed by atoms with Gasteiger partial charge in [-0.1, -0.05) is 13.0 Å². The Bertz CT molecular complexity index is 1260. The lowest BCUT2D eigenvalue weighted by molar-refractivity contribution is 0.178. The molecular weight excluding hydrogens is 448 g/mol. The van der Waals surface area contributed by atoms with Crippen molar-refractivity contribution in [3.63, 3.8) is 0 Å². The average molecular weight is 475 g/mol. The van der Waals surface area contributed by atoms with Crippen LogP contribution in [0.3, 0.4) is 0 Å². The zero-order valence-electron chi connectivity index (χ0n) is 20.0. The van der Waals surface area contributed by atoms with Gasteiger partial charge in [0.2, 0.25) is 17.6 Å². The van der Waals surface area contributed by atoms with Gasteiger partial charge in [-0.25, -0.2) is 14.5 Å². The minimum atomic E-state index is -0.462. The molecule has 10 nitrogen and oxygen atoms in total. The van der Waals surface area contributed by atoms with E-state index in [0.717, 1.165) is 17.7 Å². The number of ether oxygens (including phenoxy) is 3. The highest BCUT2D eigenvalue weighted by Crippen LogP contribution is 2.35. The fourth-order valence-corrected chi connectivity index (χ4v) is 3.67. The molecule has 2 aromatic carbocycles. The zero-order valence-corrected chi connectivity index (χ0v) is 20.0. The smallest absolute Gasteiger partial charge is 0.417 e. The van der Waals surface area contributed by atoms with Crippen LogP contribution in [0.5, 0.6) is 17.2 Å². The van der Waals surface area contributed by atoms with E-state index in [0.29, 0.717) is 35.6 Å². The first-order valence-corrected chi connectivity index (χ1v) is 11.2. The number of benzene rings is 2. The molecule has 1 aliphatic rings. The van der Waals surface area contributed by atoms with Crippen LogP contribution < -0.4 is 19.7 Å². The van der Waals surface area contributed by atoms with Gasteiger partial charge >= 0.3 is 6.09 Å². The second-order valence-corrected chi connectivity index (χ2v) is 8.00. The maximum absolute atomic E-state index is 12.2. The molecule has 1 aliphatic heterocycles. The number of hydrogen-bond donors (Lipinski definition) is 1. The predicted octanol–water partition coefficient (Wildman–Crippen LogP) is 5.44. The van der Waals surface area contributed by atoms with Crippen molar-refractivity contribution in [1.29, 1.82) is 0 Å². The number of hydrogen-bond acceptors (Lipinski definition) is 8. The summed E-state index contributed by atoms with van der Waals surface area (Å²) in [7, 11) is 1.60. The van der Waals surface area contributed by atoms with Crippen molar-refractivity contribution in [2.45, 2.75) is 39.3 Å². The van der Waals surface area contributed by atoms with Crippen LogP contribution in [0.4, 0.5) is 22.4 Å². The van der Waals surface area contributed by atoms with E-state index in [1.807, 2.05) is 19.9 Å². The van der Waals surface area contributed by atoms with Crippen molar-refractivity contribution in [2.75, 3.05) is 23.9 Å². The van der Waals surface area contributed by atoms with Gasteiger partial charge in [-0.15, -0.1) is 0 Å². The Balaban J connectivity index is 1.53. The van der Waals surface area contributed by atoms with Crippen molar-refractivity contribution in [3.05, 3.63) is 65.3 Å². The number of rotatable bonds is 8. The van der Waals surface area contributed by atoms with E-state index < -0.39 is 6.09 Å². The lowest BCUT2D eigenvalue weighted by Gasteiger charge is -2.20. The Morgan fingerprint density at radius 2 is 1.94 bits per heavy atom. The SMILES string of the molecule is [C-]#[N+]c1cc([C@H](C)Nc2nc(C)nc(N3C(=O)OC[C@@H]3CC)n2)ccc1Oc1ccc(OC)cc1. The van der Waals surface area contributed by atoms with E-state index in [1.54, 1.807) is 50.4 Å². The molecule has 10 heteroatoms. The first-order chi connectivity index (χ1) is 16.9. The third kappa shape index (κ3) is 5.24. The quantitative estimate of drug-likeness (QED) is 0.431. The molecule has 0 unspecified atom stereocenters. The molecule has 1 fully saturated rings. The number of methoxy groups -OCH3 is 1.